The van der Waals surface area contributed by atoms with Gasteiger partial charge in [-0.05, 0) is 57.9 Å². The van der Waals surface area contributed by atoms with Crippen molar-refractivity contribution in [2.45, 2.75) is 55.4 Å². The van der Waals surface area contributed by atoms with Gasteiger partial charge in [0, 0.05) is 47.4 Å². The number of pyridine rings is 1. The summed E-state index contributed by atoms with van der Waals surface area (Å²) < 4.78 is 8.06. The van der Waals surface area contributed by atoms with Crippen molar-refractivity contribution in [2.24, 2.45) is 5.92 Å². The van der Waals surface area contributed by atoms with Gasteiger partial charge in [-0.25, -0.2) is 9.55 Å². The third kappa shape index (κ3) is 4.19. The number of benzene rings is 1. The van der Waals surface area contributed by atoms with Crippen molar-refractivity contribution in [3.8, 4) is 0 Å². The summed E-state index contributed by atoms with van der Waals surface area (Å²) >= 11 is 1.77. The number of nitrogens with zero attached hydrogens (tertiary/aromatic N) is 2. The monoisotopic (exact) mass is 382 g/mol. The zero-order valence-corrected chi connectivity index (χ0v) is 17.2. The molecule has 0 amide bonds. The van der Waals surface area contributed by atoms with E-state index < -0.39 is 0 Å². The predicted octanol–water partition coefficient (Wildman–Crippen LogP) is 4.73. The number of ether oxygens (including phenoxy) is 1. The molecule has 1 N–H and O–H groups in total. The lowest BCUT2D eigenvalue weighted by Crippen LogP contribution is -2.45. The number of imidazole rings is 1. The minimum absolute atomic E-state index is 0.0720. The van der Waals surface area contributed by atoms with Crippen LogP contribution < -0.4 is 4.57 Å². The molecule has 0 radical (unpaired) electrons. The molecule has 0 atom stereocenters. The molecule has 0 unspecified atom stereocenters. The summed E-state index contributed by atoms with van der Waals surface area (Å²) in [6, 6.07) is 10.9. The van der Waals surface area contributed by atoms with E-state index in [1.165, 1.54) is 26.6 Å². The van der Waals surface area contributed by atoms with Crippen molar-refractivity contribution < 1.29 is 9.30 Å². The minimum atomic E-state index is 0.0720. The first-order chi connectivity index (χ1) is 13.0. The molecule has 0 spiro atoms. The number of aromatic nitrogens is 3. The molecular formula is C22H28N3OS+. The van der Waals surface area contributed by atoms with Crippen molar-refractivity contribution >= 4 is 22.8 Å². The molecule has 3 heterocycles. The van der Waals surface area contributed by atoms with Crippen molar-refractivity contribution in [3.05, 3.63) is 48.5 Å². The molecule has 1 aliphatic heterocycles. The van der Waals surface area contributed by atoms with Crippen LogP contribution in [0.5, 0.6) is 0 Å². The molecule has 4 nitrogen and oxygen atoms in total. The van der Waals surface area contributed by atoms with E-state index >= 15 is 0 Å². The third-order valence-electron chi connectivity index (χ3n) is 5.16. The molecule has 0 bridgehead atoms. The normalized spacial score (nSPS) is 16.1. The second-order valence-electron chi connectivity index (χ2n) is 8.35. The second-order valence-corrected chi connectivity index (χ2v) is 9.50. The number of rotatable bonds is 4. The largest absolute Gasteiger partial charge is 0.381 e. The minimum Gasteiger partial charge on any atom is -0.381 e. The number of hydrogen-bond acceptors (Lipinski definition) is 3. The Kier molecular flexibility index (Phi) is 5.24. The molecule has 1 aromatic carbocycles. The summed E-state index contributed by atoms with van der Waals surface area (Å²) in [5.74, 6) is 1.99. The molecule has 5 heteroatoms. The molecular weight excluding hydrogens is 354 g/mol. The number of nitrogens with one attached hydrogen (secondary N) is 1. The number of aromatic amines is 1. The Morgan fingerprint density at radius 1 is 1.11 bits per heavy atom. The maximum absolute atomic E-state index is 5.55. The van der Waals surface area contributed by atoms with E-state index in [0.29, 0.717) is 5.92 Å². The van der Waals surface area contributed by atoms with Gasteiger partial charge in [-0.15, -0.1) is 0 Å². The molecule has 4 rings (SSSR count). The van der Waals surface area contributed by atoms with Crippen LogP contribution in [0, 0.1) is 5.92 Å². The Hall–Kier alpha value is -1.85. The van der Waals surface area contributed by atoms with Gasteiger partial charge in [0.2, 0.25) is 0 Å². The van der Waals surface area contributed by atoms with E-state index in [1.807, 2.05) is 12.4 Å². The van der Waals surface area contributed by atoms with Gasteiger partial charge in [-0.1, -0.05) is 11.8 Å². The second kappa shape index (κ2) is 7.64. The van der Waals surface area contributed by atoms with Crippen molar-refractivity contribution in [1.29, 1.82) is 0 Å². The highest BCUT2D eigenvalue weighted by atomic mass is 32.2. The van der Waals surface area contributed by atoms with Crippen LogP contribution in [0.25, 0.3) is 11.0 Å². The lowest BCUT2D eigenvalue weighted by Gasteiger charge is -2.22. The van der Waals surface area contributed by atoms with Crippen molar-refractivity contribution in [3.63, 3.8) is 0 Å². The first kappa shape index (κ1) is 18.5. The average Bonchev–Trinajstić information content (AvgIpc) is 3.02. The van der Waals surface area contributed by atoms with Crippen LogP contribution >= 0.6 is 11.8 Å². The average molecular weight is 383 g/mol. The van der Waals surface area contributed by atoms with Crippen LogP contribution in [-0.4, -0.2) is 23.2 Å². The SMILES string of the molecule is CC(C)(C)c1[nH]c2cc(Sc3ccncc3)ccc2[n+]1CC1CCOCC1. The summed E-state index contributed by atoms with van der Waals surface area (Å²) in [7, 11) is 0. The Balaban J connectivity index is 1.69. The van der Waals surface area contributed by atoms with Gasteiger partial charge in [0.15, 0.2) is 11.0 Å². The summed E-state index contributed by atoms with van der Waals surface area (Å²) in [6.07, 6.45) is 5.99. The fraction of sp³-hybridized carbons (Fsp3) is 0.455. The molecule has 0 saturated carbocycles. The smallest absolute Gasteiger partial charge is 0.260 e. The van der Waals surface area contributed by atoms with Crippen LogP contribution in [0.4, 0.5) is 0 Å². The van der Waals surface area contributed by atoms with Crippen molar-refractivity contribution in [2.75, 3.05) is 13.2 Å². The lowest BCUT2D eigenvalue weighted by atomic mass is 9.94. The maximum atomic E-state index is 5.55. The molecule has 27 heavy (non-hydrogen) atoms. The van der Waals surface area contributed by atoms with E-state index in [4.69, 9.17) is 4.74 Å². The van der Waals surface area contributed by atoms with Crippen LogP contribution in [0.3, 0.4) is 0 Å². The summed E-state index contributed by atoms with van der Waals surface area (Å²) in [6.45, 7) is 9.70. The number of fused-ring (bicyclic) bond motifs is 1. The standard InChI is InChI=1S/C22H27N3OS/c1-22(2,3)21-24-19-14-18(27-17-6-10-23-11-7-17)4-5-20(19)25(21)15-16-8-12-26-13-9-16/h4-7,10-11,14,16H,8-9,12-13,15H2,1-3H3/p+1. The van der Waals surface area contributed by atoms with Gasteiger partial charge in [0.05, 0.1) is 12.0 Å². The molecule has 1 aliphatic rings. The first-order valence-corrected chi connectivity index (χ1v) is 10.5. The molecule has 1 saturated heterocycles. The van der Waals surface area contributed by atoms with Crippen LogP contribution in [0.15, 0.2) is 52.5 Å². The Labute approximate surface area is 165 Å². The Bertz CT molecular complexity index is 908. The van der Waals surface area contributed by atoms with E-state index in [9.17, 15) is 0 Å². The number of H-pyrrole nitrogens is 1. The highest BCUT2D eigenvalue weighted by molar-refractivity contribution is 7.99. The Morgan fingerprint density at radius 3 is 2.56 bits per heavy atom. The van der Waals surface area contributed by atoms with Crippen LogP contribution in [0.2, 0.25) is 0 Å². The zero-order chi connectivity index (χ0) is 18.9. The fourth-order valence-electron chi connectivity index (χ4n) is 3.74. The lowest BCUT2D eigenvalue weighted by molar-refractivity contribution is -0.689. The van der Waals surface area contributed by atoms with Gasteiger partial charge in [-0.3, -0.25) is 4.98 Å². The van der Waals surface area contributed by atoms with Gasteiger partial charge < -0.3 is 4.74 Å². The molecule has 1 fully saturated rings. The highest BCUT2D eigenvalue weighted by Gasteiger charge is 2.31. The topological polar surface area (TPSA) is 41.8 Å². The summed E-state index contributed by atoms with van der Waals surface area (Å²) in [5.41, 5.74) is 2.58. The van der Waals surface area contributed by atoms with Gasteiger partial charge in [0.25, 0.3) is 5.82 Å². The number of hydrogen-bond donors (Lipinski definition) is 1. The van der Waals surface area contributed by atoms with E-state index in [-0.39, 0.29) is 5.41 Å². The molecule has 0 aliphatic carbocycles. The summed E-state index contributed by atoms with van der Waals surface area (Å²) in [4.78, 5) is 10.3. The van der Waals surface area contributed by atoms with Gasteiger partial charge in [-0.2, -0.15) is 0 Å². The maximum Gasteiger partial charge on any atom is 0.260 e. The fourth-order valence-corrected chi connectivity index (χ4v) is 4.58. The van der Waals surface area contributed by atoms with Crippen molar-refractivity contribution in [1.82, 2.24) is 9.97 Å². The zero-order valence-electron chi connectivity index (χ0n) is 16.4. The molecule has 142 valence electrons. The predicted molar refractivity (Wildman–Crippen MR) is 109 cm³/mol. The summed E-state index contributed by atoms with van der Waals surface area (Å²) in [5, 5.41) is 0. The highest BCUT2D eigenvalue weighted by Crippen LogP contribution is 2.30. The first-order valence-electron chi connectivity index (χ1n) is 9.72. The molecule has 2 aromatic heterocycles. The van der Waals surface area contributed by atoms with E-state index in [0.717, 1.165) is 32.6 Å². The molecule has 3 aromatic rings. The van der Waals surface area contributed by atoms with E-state index in [1.54, 1.807) is 11.8 Å². The van der Waals surface area contributed by atoms with Crippen LogP contribution in [-0.2, 0) is 16.7 Å². The third-order valence-corrected chi connectivity index (χ3v) is 6.16. The van der Waals surface area contributed by atoms with Gasteiger partial charge in [0.1, 0.15) is 0 Å². The Morgan fingerprint density at radius 2 is 1.85 bits per heavy atom. The van der Waals surface area contributed by atoms with Gasteiger partial charge >= 0.3 is 0 Å². The quantitative estimate of drug-likeness (QED) is 0.664. The van der Waals surface area contributed by atoms with Crippen LogP contribution in [0.1, 0.15) is 39.4 Å². The van der Waals surface area contributed by atoms with E-state index in [2.05, 4.69) is 65.6 Å².